The Bertz CT molecular complexity index is 472. The van der Waals surface area contributed by atoms with Gasteiger partial charge in [-0.1, -0.05) is 65.7 Å². The van der Waals surface area contributed by atoms with E-state index in [1.807, 2.05) is 12.1 Å². The molecule has 0 heterocycles. The van der Waals surface area contributed by atoms with Crippen molar-refractivity contribution in [1.82, 2.24) is 0 Å². The van der Waals surface area contributed by atoms with Gasteiger partial charge in [-0.15, -0.1) is 0 Å². The van der Waals surface area contributed by atoms with Gasteiger partial charge in [-0.3, -0.25) is 0 Å². The second-order valence-electron chi connectivity index (χ2n) is 8.11. The summed E-state index contributed by atoms with van der Waals surface area (Å²) in [6, 6.07) is 7.80. The summed E-state index contributed by atoms with van der Waals surface area (Å²) in [6.07, 6.45) is 6.24. The molecule has 0 bridgehead atoms. The molecule has 1 atom stereocenters. The van der Waals surface area contributed by atoms with Crippen molar-refractivity contribution >= 4 is 0 Å². The van der Waals surface area contributed by atoms with E-state index in [0.29, 0.717) is 16.6 Å². The van der Waals surface area contributed by atoms with Gasteiger partial charge in [0.25, 0.3) is 0 Å². The van der Waals surface area contributed by atoms with Gasteiger partial charge in [0.15, 0.2) is 0 Å². The van der Waals surface area contributed by atoms with Crippen LogP contribution in [0.4, 0.5) is 0 Å². The summed E-state index contributed by atoms with van der Waals surface area (Å²) in [4.78, 5) is 0. The number of phenolic OH excluding ortho intramolecular Hbond substituents is 1. The summed E-state index contributed by atoms with van der Waals surface area (Å²) in [5.74, 6) is 0.442. The lowest BCUT2D eigenvalue weighted by Gasteiger charge is -2.57. The predicted octanol–water partition coefficient (Wildman–Crippen LogP) is 5.57. The first-order valence-electron chi connectivity index (χ1n) is 7.97. The Morgan fingerprint density at radius 2 is 1.65 bits per heavy atom. The topological polar surface area (TPSA) is 20.2 Å². The van der Waals surface area contributed by atoms with Gasteiger partial charge in [0.05, 0.1) is 0 Å². The molecule has 0 radical (unpaired) electrons. The minimum atomic E-state index is 0.176. The molecule has 0 amide bonds. The molecule has 20 heavy (non-hydrogen) atoms. The standard InChI is InChI=1S/C19H30O/c1-17(2)12-8-9-13-19(17,5)18(3,4)14-15-10-6-7-11-16(15)20/h6-7,10-11,20H,8-9,12-14H2,1-5H3. The van der Waals surface area contributed by atoms with Crippen molar-refractivity contribution in [2.75, 3.05) is 0 Å². The van der Waals surface area contributed by atoms with Crippen LogP contribution in [-0.2, 0) is 6.42 Å². The Kier molecular flexibility index (Phi) is 3.92. The predicted molar refractivity (Wildman–Crippen MR) is 85.9 cm³/mol. The van der Waals surface area contributed by atoms with Gasteiger partial charge in [-0.05, 0) is 47.1 Å². The molecular weight excluding hydrogens is 244 g/mol. The quantitative estimate of drug-likeness (QED) is 0.764. The zero-order valence-electron chi connectivity index (χ0n) is 13.8. The summed E-state index contributed by atoms with van der Waals surface area (Å²) >= 11 is 0. The minimum absolute atomic E-state index is 0.176. The number of benzene rings is 1. The van der Waals surface area contributed by atoms with Crippen molar-refractivity contribution in [2.24, 2.45) is 16.2 Å². The van der Waals surface area contributed by atoms with Crippen LogP contribution >= 0.6 is 0 Å². The molecule has 0 aromatic heterocycles. The molecule has 1 unspecified atom stereocenters. The van der Waals surface area contributed by atoms with E-state index in [1.54, 1.807) is 6.07 Å². The molecule has 1 aromatic carbocycles. The van der Waals surface area contributed by atoms with Crippen molar-refractivity contribution in [2.45, 2.75) is 66.7 Å². The molecular formula is C19H30O. The largest absolute Gasteiger partial charge is 0.508 e. The Hall–Kier alpha value is -0.980. The van der Waals surface area contributed by atoms with Gasteiger partial charge < -0.3 is 5.11 Å². The highest BCUT2D eigenvalue weighted by Crippen LogP contribution is 2.60. The highest BCUT2D eigenvalue weighted by atomic mass is 16.3. The van der Waals surface area contributed by atoms with E-state index in [2.05, 4.69) is 40.7 Å². The number of phenols is 1. The summed E-state index contributed by atoms with van der Waals surface area (Å²) in [7, 11) is 0. The highest BCUT2D eigenvalue weighted by Gasteiger charge is 2.51. The number of para-hydroxylation sites is 1. The van der Waals surface area contributed by atoms with E-state index in [-0.39, 0.29) is 5.41 Å². The number of hydrogen-bond donors (Lipinski definition) is 1. The molecule has 1 N–H and O–H groups in total. The Morgan fingerprint density at radius 3 is 2.25 bits per heavy atom. The molecule has 0 aliphatic heterocycles. The van der Waals surface area contributed by atoms with Gasteiger partial charge in [0, 0.05) is 0 Å². The average molecular weight is 274 g/mol. The first-order chi connectivity index (χ1) is 9.20. The maximum Gasteiger partial charge on any atom is 0.118 e. The normalized spacial score (nSPS) is 26.4. The van der Waals surface area contributed by atoms with Crippen LogP contribution in [0.5, 0.6) is 5.75 Å². The lowest BCUT2D eigenvalue weighted by molar-refractivity contribution is -0.0711. The third-order valence-electron chi connectivity index (χ3n) is 6.34. The molecule has 1 fully saturated rings. The fourth-order valence-corrected chi connectivity index (χ4v) is 4.25. The van der Waals surface area contributed by atoms with Crippen LogP contribution in [0, 0.1) is 16.2 Å². The SMILES string of the molecule is CC1(C)CCCCC1(C)C(C)(C)Cc1ccccc1O. The number of hydrogen-bond acceptors (Lipinski definition) is 1. The van der Waals surface area contributed by atoms with Gasteiger partial charge in [0.2, 0.25) is 0 Å². The van der Waals surface area contributed by atoms with Crippen LogP contribution in [0.1, 0.15) is 65.9 Å². The van der Waals surface area contributed by atoms with Crippen LogP contribution in [0.25, 0.3) is 0 Å². The zero-order chi connectivity index (χ0) is 15.0. The first-order valence-corrected chi connectivity index (χ1v) is 7.97. The first kappa shape index (κ1) is 15.4. The smallest absolute Gasteiger partial charge is 0.118 e. The monoisotopic (exact) mass is 274 g/mol. The zero-order valence-corrected chi connectivity index (χ0v) is 13.8. The minimum Gasteiger partial charge on any atom is -0.508 e. The van der Waals surface area contributed by atoms with Crippen molar-refractivity contribution in [3.8, 4) is 5.75 Å². The van der Waals surface area contributed by atoms with Crippen LogP contribution in [0.2, 0.25) is 0 Å². The molecule has 1 heteroatoms. The van der Waals surface area contributed by atoms with Crippen molar-refractivity contribution in [3.05, 3.63) is 29.8 Å². The molecule has 112 valence electrons. The molecule has 0 saturated heterocycles. The maximum atomic E-state index is 10.1. The number of aromatic hydroxyl groups is 1. The van der Waals surface area contributed by atoms with Gasteiger partial charge in [-0.25, -0.2) is 0 Å². The summed E-state index contributed by atoms with van der Waals surface area (Å²) in [5, 5.41) is 10.1. The molecule has 1 aromatic rings. The third-order valence-corrected chi connectivity index (χ3v) is 6.34. The van der Waals surface area contributed by atoms with Gasteiger partial charge >= 0.3 is 0 Å². The highest BCUT2D eigenvalue weighted by molar-refractivity contribution is 5.33. The van der Waals surface area contributed by atoms with Gasteiger partial charge in [0.1, 0.15) is 5.75 Å². The molecule has 0 spiro atoms. The second-order valence-corrected chi connectivity index (χ2v) is 8.11. The Morgan fingerprint density at radius 1 is 1.05 bits per heavy atom. The number of rotatable bonds is 3. The van der Waals surface area contributed by atoms with Crippen LogP contribution < -0.4 is 0 Å². The maximum absolute atomic E-state index is 10.1. The van der Waals surface area contributed by atoms with Crippen molar-refractivity contribution in [1.29, 1.82) is 0 Å². The van der Waals surface area contributed by atoms with E-state index in [9.17, 15) is 5.11 Å². The van der Waals surface area contributed by atoms with Crippen molar-refractivity contribution < 1.29 is 5.11 Å². The van der Waals surface area contributed by atoms with E-state index >= 15 is 0 Å². The molecule has 2 rings (SSSR count). The lowest BCUT2D eigenvalue weighted by Crippen LogP contribution is -2.49. The summed E-state index contributed by atoms with van der Waals surface area (Å²) in [6.45, 7) is 12.1. The Balaban J connectivity index is 2.31. The van der Waals surface area contributed by atoms with E-state index in [1.165, 1.54) is 25.7 Å². The van der Waals surface area contributed by atoms with Gasteiger partial charge in [-0.2, -0.15) is 0 Å². The molecule has 1 aliphatic carbocycles. The molecule has 1 nitrogen and oxygen atoms in total. The fourth-order valence-electron chi connectivity index (χ4n) is 4.25. The fraction of sp³-hybridized carbons (Fsp3) is 0.684. The summed E-state index contributed by atoms with van der Waals surface area (Å²) < 4.78 is 0. The molecule has 1 saturated carbocycles. The van der Waals surface area contributed by atoms with Crippen LogP contribution in [0.15, 0.2) is 24.3 Å². The lowest BCUT2D eigenvalue weighted by atomic mass is 9.47. The summed E-state index contributed by atoms with van der Waals surface area (Å²) in [5.41, 5.74) is 1.93. The second kappa shape index (κ2) is 5.09. The van der Waals surface area contributed by atoms with E-state index in [0.717, 1.165) is 12.0 Å². The average Bonchev–Trinajstić information content (AvgIpc) is 2.35. The molecule has 1 aliphatic rings. The van der Waals surface area contributed by atoms with E-state index < -0.39 is 0 Å². The third kappa shape index (κ3) is 2.47. The van der Waals surface area contributed by atoms with Crippen LogP contribution in [0.3, 0.4) is 0 Å². The van der Waals surface area contributed by atoms with Crippen LogP contribution in [-0.4, -0.2) is 5.11 Å². The van der Waals surface area contributed by atoms with Crippen molar-refractivity contribution in [3.63, 3.8) is 0 Å². The van der Waals surface area contributed by atoms with E-state index in [4.69, 9.17) is 0 Å². The Labute approximate surface area is 124 Å².